The van der Waals surface area contributed by atoms with Gasteiger partial charge in [0.05, 0.1) is 32.0 Å². The number of alkyl carbamates (subject to hydrolysis) is 1. The van der Waals surface area contributed by atoms with Gasteiger partial charge in [-0.25, -0.2) is 9.59 Å². The van der Waals surface area contributed by atoms with Crippen molar-refractivity contribution in [3.8, 4) is 23.0 Å². The summed E-state index contributed by atoms with van der Waals surface area (Å²) in [5.41, 5.74) is -0.0854. The van der Waals surface area contributed by atoms with Gasteiger partial charge in [0.25, 0.3) is 0 Å². The number of hydrogen-bond donors (Lipinski definition) is 7. The molecule has 0 aromatic heterocycles. The summed E-state index contributed by atoms with van der Waals surface area (Å²) in [5, 5.41) is 39.5. The largest absolute Gasteiger partial charge is 0.508 e. The van der Waals surface area contributed by atoms with Gasteiger partial charge in [-0.3, -0.25) is 19.2 Å². The molecular weight excluding hydrogens is 824 g/mol. The van der Waals surface area contributed by atoms with Crippen LogP contribution in [0.4, 0.5) is 4.79 Å². The molecule has 0 bridgehead atoms. The Bertz CT molecular complexity index is 2070. The van der Waals surface area contributed by atoms with Crippen LogP contribution in [0, 0.1) is 0 Å². The van der Waals surface area contributed by atoms with E-state index in [-0.39, 0.29) is 54.1 Å². The van der Waals surface area contributed by atoms with Crippen LogP contribution in [0.2, 0.25) is 0 Å². The number of aliphatic carboxylic acids is 1. The first-order chi connectivity index (χ1) is 30.1. The van der Waals surface area contributed by atoms with Crippen molar-refractivity contribution in [3.05, 3.63) is 82.5 Å². The molecule has 63 heavy (non-hydrogen) atoms. The molecule has 1 spiro atoms. The number of phenolic OH excluding ortho intramolecular Hbond substituents is 2. The molecular formula is C44H54N4O15. The number of amides is 4. The first-order valence-corrected chi connectivity index (χ1v) is 20.5. The molecule has 19 heteroatoms. The Balaban J connectivity index is 0.929. The molecule has 4 amide bonds. The lowest BCUT2D eigenvalue weighted by atomic mass is 9.75. The number of nitrogens with one attached hydrogen (secondary N) is 4. The van der Waals surface area contributed by atoms with Gasteiger partial charge in [-0.2, -0.15) is 0 Å². The topological polar surface area (TPSA) is 267 Å². The molecule has 19 nitrogen and oxygen atoms in total. The van der Waals surface area contributed by atoms with Crippen LogP contribution in [0.5, 0.6) is 23.0 Å². The predicted molar refractivity (Wildman–Crippen MR) is 223 cm³/mol. The Hall–Kier alpha value is -6.44. The normalized spacial score (nSPS) is 15.1. The number of fused-ring (bicyclic) bond motifs is 5. The number of carboxylic acid groups (broad SMARTS) is 1. The van der Waals surface area contributed by atoms with E-state index in [2.05, 4.69) is 21.3 Å². The highest BCUT2D eigenvalue weighted by Crippen LogP contribution is 2.58. The lowest BCUT2D eigenvalue weighted by Crippen LogP contribution is -2.49. The maximum atomic E-state index is 13.4. The zero-order chi connectivity index (χ0) is 45.6. The van der Waals surface area contributed by atoms with E-state index in [1.807, 2.05) is 0 Å². The first kappa shape index (κ1) is 47.6. The van der Waals surface area contributed by atoms with E-state index in [0.717, 1.165) is 0 Å². The zero-order valence-corrected chi connectivity index (χ0v) is 35.4. The highest BCUT2D eigenvalue weighted by Gasteiger charge is 2.55. The van der Waals surface area contributed by atoms with Crippen LogP contribution in [0.3, 0.4) is 0 Å². The minimum absolute atomic E-state index is 0.0595. The van der Waals surface area contributed by atoms with E-state index in [1.54, 1.807) is 51.1 Å². The third-order valence-corrected chi connectivity index (χ3v) is 9.71. The maximum Gasteiger partial charge on any atom is 0.408 e. The van der Waals surface area contributed by atoms with Crippen LogP contribution in [0.15, 0.2) is 71.3 Å². The van der Waals surface area contributed by atoms with Crippen molar-refractivity contribution in [2.45, 2.75) is 70.1 Å². The molecule has 2 heterocycles. The van der Waals surface area contributed by atoms with E-state index < -0.39 is 47.7 Å². The minimum atomic E-state index is -1.46. The Morgan fingerprint density at radius 3 is 2.00 bits per heavy atom. The summed E-state index contributed by atoms with van der Waals surface area (Å²) in [6, 6.07) is 7.82. The van der Waals surface area contributed by atoms with Crippen molar-refractivity contribution in [1.82, 2.24) is 21.3 Å². The highest BCUT2D eigenvalue weighted by atomic mass is 16.6. The fourth-order valence-electron chi connectivity index (χ4n) is 6.90. The fraction of sp³-hybridized carbons (Fsp3) is 0.455. The van der Waals surface area contributed by atoms with Crippen molar-refractivity contribution in [2.75, 3.05) is 59.3 Å². The number of esters is 1. The van der Waals surface area contributed by atoms with Gasteiger partial charge < -0.3 is 65.0 Å². The zero-order valence-electron chi connectivity index (χ0n) is 35.4. The van der Waals surface area contributed by atoms with Gasteiger partial charge >= 0.3 is 18.0 Å². The summed E-state index contributed by atoms with van der Waals surface area (Å²) in [6.45, 7) is 7.01. The Morgan fingerprint density at radius 1 is 0.825 bits per heavy atom. The summed E-state index contributed by atoms with van der Waals surface area (Å²) in [5.74, 6) is -2.89. The number of aromatic hydroxyl groups is 2. The Morgan fingerprint density at radius 2 is 1.41 bits per heavy atom. The quantitative estimate of drug-likeness (QED) is 0.0662. The van der Waals surface area contributed by atoms with Gasteiger partial charge in [-0.15, -0.1) is 0 Å². The average molecular weight is 879 g/mol. The molecule has 3 aliphatic rings. The second kappa shape index (κ2) is 22.1. The van der Waals surface area contributed by atoms with Crippen LogP contribution in [-0.2, 0) is 53.3 Å². The average Bonchev–Trinajstić information content (AvgIpc) is 3.33. The second-order valence-electron chi connectivity index (χ2n) is 15.7. The van der Waals surface area contributed by atoms with Crippen LogP contribution in [0.25, 0.3) is 0 Å². The summed E-state index contributed by atoms with van der Waals surface area (Å²) in [4.78, 5) is 74.5. The summed E-state index contributed by atoms with van der Waals surface area (Å²) in [7, 11) is 0. The molecule has 1 atom stereocenters. The lowest BCUT2D eigenvalue weighted by molar-refractivity contribution is -0.145. The van der Waals surface area contributed by atoms with Crippen LogP contribution in [0.1, 0.15) is 64.0 Å². The Kier molecular flexibility index (Phi) is 16.7. The van der Waals surface area contributed by atoms with E-state index in [0.29, 0.717) is 93.4 Å². The Labute approximate surface area is 363 Å². The van der Waals surface area contributed by atoms with Gasteiger partial charge in [0.2, 0.25) is 17.7 Å². The smallest absolute Gasteiger partial charge is 0.408 e. The number of carboxylic acids is 1. The molecule has 5 rings (SSSR count). The number of carbonyl (C=O) groups is 6. The standard InChI is InChI=1S/C44H54N4O15/c1-43(2,3)63-42(57)48-34(40(55)47-26-38(52)53)13-14-37(51)45-15-5-17-58-19-21-60-22-20-59-18-6-16-46-39(54)27-7-4-8-30-33(23-27)44(62-41(30)56)31-11-9-28(49)24-35(31)61-36-25-29(50)10-12-32(36)44/h4,7-12,24-25,34,49-50H,5-6,13-23,26H2,1-3H3,(H,45,51)(H,46,54)(H,47,55)(H,48,57)(H,52,53)/t34-/m0/s1. The van der Waals surface area contributed by atoms with Crippen LogP contribution in [-0.4, -0.2) is 122 Å². The van der Waals surface area contributed by atoms with Gasteiger partial charge in [0.1, 0.15) is 41.2 Å². The van der Waals surface area contributed by atoms with E-state index in [1.165, 1.54) is 24.3 Å². The van der Waals surface area contributed by atoms with Gasteiger partial charge in [0, 0.05) is 73.6 Å². The molecule has 0 unspecified atom stereocenters. The molecule has 2 aromatic carbocycles. The number of hydrogen-bond acceptors (Lipinski definition) is 14. The monoisotopic (exact) mass is 878 g/mol. The van der Waals surface area contributed by atoms with E-state index >= 15 is 0 Å². The fourth-order valence-corrected chi connectivity index (χ4v) is 6.90. The van der Waals surface area contributed by atoms with Gasteiger partial charge in [-0.1, -0.05) is 12.2 Å². The number of allylic oxidation sites excluding steroid dienone is 2. The van der Waals surface area contributed by atoms with Crippen molar-refractivity contribution < 1.29 is 72.5 Å². The molecule has 7 N–H and O–H groups in total. The molecule has 0 saturated heterocycles. The van der Waals surface area contributed by atoms with Crippen LogP contribution >= 0.6 is 0 Å². The van der Waals surface area contributed by atoms with Gasteiger partial charge in [-0.05, 0) is 70.4 Å². The van der Waals surface area contributed by atoms with Crippen molar-refractivity contribution >= 4 is 35.8 Å². The summed E-state index contributed by atoms with van der Waals surface area (Å²) in [6.07, 6.45) is 4.99. The highest BCUT2D eigenvalue weighted by molar-refractivity contribution is 6.00. The number of carbonyl (C=O) groups excluding carboxylic acids is 5. The van der Waals surface area contributed by atoms with Crippen molar-refractivity contribution in [2.24, 2.45) is 0 Å². The number of rotatable bonds is 22. The molecule has 0 radical (unpaired) electrons. The van der Waals surface area contributed by atoms with Crippen LogP contribution < -0.4 is 26.0 Å². The lowest BCUT2D eigenvalue weighted by Gasteiger charge is -2.38. The minimum Gasteiger partial charge on any atom is -0.508 e. The maximum absolute atomic E-state index is 13.4. The molecule has 0 saturated carbocycles. The van der Waals surface area contributed by atoms with E-state index in [4.69, 9.17) is 33.5 Å². The predicted octanol–water partition coefficient (Wildman–Crippen LogP) is 3.12. The molecule has 0 fully saturated rings. The SMILES string of the molecule is CC(C)(C)OC(=O)N[C@@H](CCC(=O)NCCCOCCOCCOCCCNC(=O)C1=CC=CC2=C(C1)C1(OC2=O)c2ccc(O)cc2Oc2cc(O)ccc21)C(=O)NCC(=O)O. The van der Waals surface area contributed by atoms with Crippen molar-refractivity contribution in [1.29, 1.82) is 0 Å². The second-order valence-corrected chi connectivity index (χ2v) is 15.7. The molecule has 2 aliphatic heterocycles. The third kappa shape index (κ3) is 13.3. The first-order valence-electron chi connectivity index (χ1n) is 20.5. The third-order valence-electron chi connectivity index (χ3n) is 9.71. The molecule has 2 aromatic rings. The van der Waals surface area contributed by atoms with Gasteiger partial charge in [0.15, 0.2) is 5.60 Å². The molecule has 1 aliphatic carbocycles. The molecule has 340 valence electrons. The summed E-state index contributed by atoms with van der Waals surface area (Å²) < 4.78 is 34.0. The summed E-state index contributed by atoms with van der Waals surface area (Å²) >= 11 is 0. The number of benzene rings is 2. The van der Waals surface area contributed by atoms with Crippen molar-refractivity contribution in [3.63, 3.8) is 0 Å². The number of ether oxygens (including phenoxy) is 6. The number of phenols is 2. The van der Waals surface area contributed by atoms with E-state index in [9.17, 15) is 39.0 Å².